The van der Waals surface area contributed by atoms with Crippen LogP contribution < -0.4 is 5.73 Å². The Morgan fingerprint density at radius 2 is 2.06 bits per heavy atom. The summed E-state index contributed by atoms with van der Waals surface area (Å²) in [5.74, 6) is 0.0677. The Morgan fingerprint density at radius 1 is 1.35 bits per heavy atom. The lowest BCUT2D eigenvalue weighted by molar-refractivity contribution is 0.0987. The number of nitrogens with zero attached hydrogens (tertiary/aromatic N) is 1. The van der Waals surface area contributed by atoms with Crippen LogP contribution in [0.25, 0.3) is 0 Å². The first kappa shape index (κ1) is 12.2. The van der Waals surface area contributed by atoms with Crippen LogP contribution in [0.4, 0.5) is 0 Å². The van der Waals surface area contributed by atoms with Crippen molar-refractivity contribution in [2.75, 3.05) is 0 Å². The standard InChI is InChI=1S/C11H11N3OS2/c12-10-14-11(13)17-9(16-10)6-8(15)7-4-2-1-3-5-7/h1-5,9H,6H2,(H3,12,13,14). The predicted molar refractivity (Wildman–Crippen MR) is 73.7 cm³/mol. The average Bonchev–Trinajstić information content (AvgIpc) is 2.28. The van der Waals surface area contributed by atoms with E-state index < -0.39 is 0 Å². The highest BCUT2D eigenvalue weighted by Gasteiger charge is 2.23. The molecular weight excluding hydrogens is 254 g/mol. The molecule has 1 aromatic rings. The van der Waals surface area contributed by atoms with Gasteiger partial charge in [0.25, 0.3) is 0 Å². The molecule has 0 spiro atoms. The van der Waals surface area contributed by atoms with Crippen molar-refractivity contribution in [3.8, 4) is 0 Å². The predicted octanol–water partition coefficient (Wildman–Crippen LogP) is 2.31. The van der Waals surface area contributed by atoms with Crippen LogP contribution in [0.3, 0.4) is 0 Å². The van der Waals surface area contributed by atoms with Crippen molar-refractivity contribution in [3.63, 3.8) is 0 Å². The molecule has 1 aliphatic rings. The molecule has 3 N–H and O–H groups in total. The fourth-order valence-electron chi connectivity index (χ4n) is 1.41. The Labute approximate surface area is 108 Å². The molecule has 0 saturated carbocycles. The van der Waals surface area contributed by atoms with Crippen molar-refractivity contribution in [2.45, 2.75) is 11.0 Å². The number of hydrogen-bond acceptors (Lipinski definition) is 5. The molecule has 17 heavy (non-hydrogen) atoms. The topological polar surface area (TPSA) is 79.3 Å². The number of aliphatic imine (C=N–C) groups is 1. The summed E-state index contributed by atoms with van der Waals surface area (Å²) in [6.45, 7) is 0. The van der Waals surface area contributed by atoms with Gasteiger partial charge in [-0.25, -0.2) is 0 Å². The normalized spacial score (nSPS) is 19.9. The van der Waals surface area contributed by atoms with Crippen LogP contribution in [0, 0.1) is 5.41 Å². The molecule has 0 radical (unpaired) electrons. The third-order valence-electron chi connectivity index (χ3n) is 2.15. The lowest BCUT2D eigenvalue weighted by Gasteiger charge is -2.18. The zero-order chi connectivity index (χ0) is 12.3. The lowest BCUT2D eigenvalue weighted by Crippen LogP contribution is -2.21. The summed E-state index contributed by atoms with van der Waals surface area (Å²) in [5, 5.41) is 8.00. The molecule has 0 bridgehead atoms. The van der Waals surface area contributed by atoms with Crippen molar-refractivity contribution < 1.29 is 4.79 Å². The molecule has 1 heterocycles. The maximum atomic E-state index is 11.9. The molecular formula is C11H11N3OS2. The largest absolute Gasteiger partial charge is 0.378 e. The van der Waals surface area contributed by atoms with Gasteiger partial charge in [0.15, 0.2) is 16.1 Å². The number of rotatable bonds is 3. The highest BCUT2D eigenvalue weighted by atomic mass is 32.2. The van der Waals surface area contributed by atoms with Crippen molar-refractivity contribution >= 4 is 39.6 Å². The number of carbonyl (C=O) groups excluding carboxylic acids is 1. The molecule has 0 amide bonds. The van der Waals surface area contributed by atoms with Crippen LogP contribution >= 0.6 is 23.5 Å². The van der Waals surface area contributed by atoms with E-state index >= 15 is 0 Å². The van der Waals surface area contributed by atoms with E-state index in [0.29, 0.717) is 17.2 Å². The molecule has 1 atom stereocenters. The Kier molecular flexibility index (Phi) is 3.86. The van der Waals surface area contributed by atoms with E-state index in [4.69, 9.17) is 11.1 Å². The number of Topliss-reactive ketones (excluding diaryl/α,β-unsaturated/α-hetero) is 1. The Morgan fingerprint density at radius 3 is 2.71 bits per heavy atom. The van der Waals surface area contributed by atoms with Gasteiger partial charge in [0.1, 0.15) is 0 Å². The van der Waals surface area contributed by atoms with Gasteiger partial charge in [0.05, 0.1) is 4.58 Å². The molecule has 4 nitrogen and oxygen atoms in total. The fourth-order valence-corrected chi connectivity index (χ4v) is 3.51. The monoisotopic (exact) mass is 265 g/mol. The second kappa shape index (κ2) is 5.37. The van der Waals surface area contributed by atoms with E-state index in [1.165, 1.54) is 23.5 Å². The summed E-state index contributed by atoms with van der Waals surface area (Å²) in [4.78, 5) is 15.8. The molecule has 2 rings (SSSR count). The summed E-state index contributed by atoms with van der Waals surface area (Å²) in [6, 6.07) is 9.15. The zero-order valence-electron chi connectivity index (χ0n) is 8.92. The first-order chi connectivity index (χ1) is 8.15. The second-order valence-electron chi connectivity index (χ2n) is 3.41. The van der Waals surface area contributed by atoms with Crippen LogP contribution in [0.15, 0.2) is 35.3 Å². The van der Waals surface area contributed by atoms with Crippen molar-refractivity contribution in [3.05, 3.63) is 35.9 Å². The summed E-state index contributed by atoms with van der Waals surface area (Å²) in [6.07, 6.45) is 0.359. The van der Waals surface area contributed by atoms with E-state index in [0.717, 1.165) is 0 Å². The number of nitrogens with two attached hydrogens (primary N) is 1. The number of amidine groups is 2. The van der Waals surface area contributed by atoms with E-state index in [1.54, 1.807) is 12.1 Å². The van der Waals surface area contributed by atoms with Gasteiger partial charge < -0.3 is 5.73 Å². The number of ketones is 1. The van der Waals surface area contributed by atoms with E-state index in [9.17, 15) is 4.79 Å². The minimum atomic E-state index is -0.0484. The summed E-state index contributed by atoms with van der Waals surface area (Å²) < 4.78 is -0.0484. The van der Waals surface area contributed by atoms with Gasteiger partial charge >= 0.3 is 0 Å². The quantitative estimate of drug-likeness (QED) is 0.822. The Balaban J connectivity index is 2.01. The molecule has 0 saturated heterocycles. The third-order valence-corrected chi connectivity index (χ3v) is 4.24. The molecule has 6 heteroatoms. The summed E-state index contributed by atoms with van der Waals surface area (Å²) >= 11 is 2.61. The van der Waals surface area contributed by atoms with Gasteiger partial charge in [0.2, 0.25) is 0 Å². The number of hydrogen-bond donors (Lipinski definition) is 2. The Hall–Kier alpha value is -1.27. The first-order valence-electron chi connectivity index (χ1n) is 4.99. The van der Waals surface area contributed by atoms with Crippen molar-refractivity contribution in [1.29, 1.82) is 5.41 Å². The van der Waals surface area contributed by atoms with Crippen LogP contribution in [0.1, 0.15) is 16.8 Å². The number of nitrogens with one attached hydrogen (secondary N) is 1. The van der Waals surface area contributed by atoms with Gasteiger partial charge in [0, 0.05) is 12.0 Å². The maximum Gasteiger partial charge on any atom is 0.183 e. The summed E-state index contributed by atoms with van der Waals surface area (Å²) in [5.41, 5.74) is 6.27. The van der Waals surface area contributed by atoms with E-state index in [2.05, 4.69) is 4.99 Å². The van der Waals surface area contributed by atoms with Crippen LogP contribution in [-0.4, -0.2) is 20.7 Å². The van der Waals surface area contributed by atoms with Gasteiger partial charge in [-0.15, -0.1) is 0 Å². The number of thioether (sulfide) groups is 2. The number of benzene rings is 1. The molecule has 0 aromatic heterocycles. The third kappa shape index (κ3) is 3.34. The highest BCUT2D eigenvalue weighted by molar-refractivity contribution is 8.31. The van der Waals surface area contributed by atoms with Crippen LogP contribution in [-0.2, 0) is 0 Å². The zero-order valence-corrected chi connectivity index (χ0v) is 10.6. The van der Waals surface area contributed by atoms with E-state index in [-0.39, 0.29) is 15.5 Å². The van der Waals surface area contributed by atoms with Gasteiger partial charge in [-0.1, -0.05) is 53.9 Å². The minimum Gasteiger partial charge on any atom is -0.378 e. The van der Waals surface area contributed by atoms with Crippen LogP contribution in [0.5, 0.6) is 0 Å². The highest BCUT2D eigenvalue weighted by Crippen LogP contribution is 2.32. The Bertz CT molecular complexity index is 473. The SMILES string of the molecule is N=C1N=C(N)SC(CC(=O)c2ccccc2)S1. The van der Waals surface area contributed by atoms with Gasteiger partial charge in [-0.05, 0) is 0 Å². The first-order valence-corrected chi connectivity index (χ1v) is 6.75. The summed E-state index contributed by atoms with van der Waals surface area (Å²) in [7, 11) is 0. The number of carbonyl (C=O) groups is 1. The molecule has 1 unspecified atom stereocenters. The second-order valence-corrected chi connectivity index (χ2v) is 6.13. The average molecular weight is 265 g/mol. The smallest absolute Gasteiger partial charge is 0.183 e. The molecule has 0 fully saturated rings. The maximum absolute atomic E-state index is 11.9. The van der Waals surface area contributed by atoms with E-state index in [1.807, 2.05) is 18.2 Å². The molecule has 0 aliphatic carbocycles. The molecule has 88 valence electrons. The van der Waals surface area contributed by atoms with Crippen molar-refractivity contribution in [2.24, 2.45) is 10.7 Å². The lowest BCUT2D eigenvalue weighted by atomic mass is 10.1. The fraction of sp³-hybridized carbons (Fsp3) is 0.182. The van der Waals surface area contributed by atoms with Crippen LogP contribution in [0.2, 0.25) is 0 Å². The molecule has 1 aromatic carbocycles. The van der Waals surface area contributed by atoms with Gasteiger partial charge in [-0.2, -0.15) is 4.99 Å². The van der Waals surface area contributed by atoms with Crippen molar-refractivity contribution in [1.82, 2.24) is 0 Å². The van der Waals surface area contributed by atoms with Gasteiger partial charge in [-0.3, -0.25) is 10.2 Å². The molecule has 1 aliphatic heterocycles. The minimum absolute atomic E-state index is 0.0484.